The van der Waals surface area contributed by atoms with E-state index >= 15 is 0 Å². The van der Waals surface area contributed by atoms with Crippen LogP contribution >= 0.6 is 11.8 Å². The van der Waals surface area contributed by atoms with E-state index in [1.165, 1.54) is 0 Å². The van der Waals surface area contributed by atoms with Crippen LogP contribution in [-0.4, -0.2) is 24.9 Å². The number of nitro groups is 1. The molecular formula is C16H23NO4S. The highest BCUT2D eigenvalue weighted by Gasteiger charge is 2.14. The van der Waals surface area contributed by atoms with Crippen LogP contribution in [0, 0.1) is 10.1 Å². The summed E-state index contributed by atoms with van der Waals surface area (Å²) in [6.45, 7) is 3.91. The van der Waals surface area contributed by atoms with Crippen molar-refractivity contribution in [1.29, 1.82) is 0 Å². The van der Waals surface area contributed by atoms with Crippen LogP contribution in [-0.2, 0) is 0 Å². The molecule has 0 saturated heterocycles. The zero-order chi connectivity index (χ0) is 16.5. The van der Waals surface area contributed by atoms with Gasteiger partial charge in [0.2, 0.25) is 5.70 Å². The van der Waals surface area contributed by atoms with Crippen LogP contribution in [0.5, 0.6) is 11.5 Å². The van der Waals surface area contributed by atoms with E-state index in [9.17, 15) is 10.1 Å². The number of rotatable bonds is 9. The molecule has 0 spiro atoms. The molecule has 0 atom stereocenters. The topological polar surface area (TPSA) is 61.6 Å². The van der Waals surface area contributed by atoms with Gasteiger partial charge in [-0.1, -0.05) is 20.3 Å². The summed E-state index contributed by atoms with van der Waals surface area (Å²) in [6, 6.07) is 3.63. The molecule has 0 aliphatic rings. The summed E-state index contributed by atoms with van der Waals surface area (Å²) < 4.78 is 10.9. The molecule has 1 rings (SSSR count). The lowest BCUT2D eigenvalue weighted by atomic mass is 10.1. The average Bonchev–Trinajstić information content (AvgIpc) is 2.52. The molecule has 0 aliphatic carbocycles. The molecule has 1 aromatic carbocycles. The van der Waals surface area contributed by atoms with Gasteiger partial charge in [-0.15, -0.1) is 11.8 Å². The van der Waals surface area contributed by atoms with E-state index in [2.05, 4.69) is 6.92 Å². The number of ether oxygens (including phenoxy) is 2. The molecule has 0 aliphatic heterocycles. The Balaban J connectivity index is 3.21. The highest BCUT2D eigenvalue weighted by molar-refractivity contribution is 7.99. The maximum atomic E-state index is 11.0. The Kier molecular flexibility index (Phi) is 7.80. The van der Waals surface area contributed by atoms with Crippen LogP contribution in [0.3, 0.4) is 0 Å². The number of nitrogens with zero attached hydrogens (tertiary/aromatic N) is 1. The fourth-order valence-corrected chi connectivity index (χ4v) is 3.13. The highest BCUT2D eigenvalue weighted by atomic mass is 32.2. The van der Waals surface area contributed by atoms with Crippen molar-refractivity contribution in [2.24, 2.45) is 0 Å². The monoisotopic (exact) mass is 325 g/mol. The van der Waals surface area contributed by atoms with E-state index in [4.69, 9.17) is 9.47 Å². The number of hydrogen-bond donors (Lipinski definition) is 0. The standard InChI is InChI=1S/C16H23NO4S/c1-5-7-8-22-16-14(20-3)10-12(11-15(16)21-4)9-13(6-2)17(18)19/h9-11H,5-8H2,1-4H3/b13-9+. The van der Waals surface area contributed by atoms with E-state index < -0.39 is 0 Å². The van der Waals surface area contributed by atoms with Crippen molar-refractivity contribution in [3.05, 3.63) is 33.5 Å². The van der Waals surface area contributed by atoms with Crippen LogP contribution in [0.1, 0.15) is 38.7 Å². The number of methoxy groups -OCH3 is 2. The molecule has 0 unspecified atom stereocenters. The number of allylic oxidation sites excluding steroid dienone is 1. The summed E-state index contributed by atoms with van der Waals surface area (Å²) in [5.41, 5.74) is 0.873. The van der Waals surface area contributed by atoms with Gasteiger partial charge >= 0.3 is 0 Å². The first-order valence-corrected chi connectivity index (χ1v) is 8.29. The first-order valence-electron chi connectivity index (χ1n) is 7.31. The summed E-state index contributed by atoms with van der Waals surface area (Å²) in [4.78, 5) is 11.5. The van der Waals surface area contributed by atoms with Gasteiger partial charge in [0, 0.05) is 12.5 Å². The fraction of sp³-hybridized carbons (Fsp3) is 0.500. The second-order valence-electron chi connectivity index (χ2n) is 4.70. The number of benzene rings is 1. The molecule has 122 valence electrons. The lowest BCUT2D eigenvalue weighted by Crippen LogP contribution is -1.98. The zero-order valence-electron chi connectivity index (χ0n) is 13.5. The van der Waals surface area contributed by atoms with Gasteiger partial charge in [0.25, 0.3) is 0 Å². The van der Waals surface area contributed by atoms with E-state index in [-0.39, 0.29) is 10.6 Å². The van der Waals surface area contributed by atoms with Crippen molar-refractivity contribution >= 4 is 17.8 Å². The third-order valence-electron chi connectivity index (χ3n) is 3.16. The normalized spacial score (nSPS) is 11.4. The first kappa shape index (κ1) is 18.4. The van der Waals surface area contributed by atoms with Gasteiger partial charge < -0.3 is 9.47 Å². The minimum atomic E-state index is -0.358. The quantitative estimate of drug-likeness (QED) is 0.287. The Hall–Kier alpha value is -1.69. The summed E-state index contributed by atoms with van der Waals surface area (Å²) in [7, 11) is 3.20. The molecule has 0 amide bonds. The van der Waals surface area contributed by atoms with Crippen LogP contribution in [0.2, 0.25) is 0 Å². The van der Waals surface area contributed by atoms with Crippen molar-refractivity contribution < 1.29 is 14.4 Å². The van der Waals surface area contributed by atoms with Crippen molar-refractivity contribution in [3.63, 3.8) is 0 Å². The van der Waals surface area contributed by atoms with Crippen molar-refractivity contribution in [2.75, 3.05) is 20.0 Å². The Morgan fingerprint density at radius 1 is 1.27 bits per heavy atom. The molecule has 0 radical (unpaired) electrons. The Morgan fingerprint density at radius 3 is 2.27 bits per heavy atom. The van der Waals surface area contributed by atoms with E-state index in [1.54, 1.807) is 39.0 Å². The van der Waals surface area contributed by atoms with Crippen LogP contribution in [0.4, 0.5) is 0 Å². The Bertz CT molecular complexity index is 518. The number of thioether (sulfide) groups is 1. The van der Waals surface area contributed by atoms with E-state index in [1.807, 2.05) is 12.1 Å². The van der Waals surface area contributed by atoms with Crippen LogP contribution in [0.25, 0.3) is 6.08 Å². The minimum Gasteiger partial charge on any atom is -0.495 e. The van der Waals surface area contributed by atoms with E-state index in [0.717, 1.165) is 23.5 Å². The van der Waals surface area contributed by atoms with E-state index in [0.29, 0.717) is 23.5 Å². The molecule has 22 heavy (non-hydrogen) atoms. The summed E-state index contributed by atoms with van der Waals surface area (Å²) in [5.74, 6) is 2.35. The lowest BCUT2D eigenvalue weighted by Gasteiger charge is -2.14. The third-order valence-corrected chi connectivity index (χ3v) is 4.34. The largest absolute Gasteiger partial charge is 0.495 e. The van der Waals surface area contributed by atoms with Gasteiger partial charge in [-0.05, 0) is 29.9 Å². The Labute approximate surface area is 135 Å². The Morgan fingerprint density at radius 2 is 1.86 bits per heavy atom. The van der Waals surface area contributed by atoms with Gasteiger partial charge in [-0.2, -0.15) is 0 Å². The predicted molar refractivity (Wildman–Crippen MR) is 90.4 cm³/mol. The molecule has 0 fully saturated rings. The maximum Gasteiger partial charge on any atom is 0.246 e. The van der Waals surface area contributed by atoms with Gasteiger partial charge in [-0.3, -0.25) is 10.1 Å². The molecule has 0 bridgehead atoms. The van der Waals surface area contributed by atoms with Gasteiger partial charge in [0.15, 0.2) is 0 Å². The van der Waals surface area contributed by atoms with Gasteiger partial charge in [0.05, 0.1) is 24.0 Å². The van der Waals surface area contributed by atoms with Crippen molar-refractivity contribution in [1.82, 2.24) is 0 Å². The van der Waals surface area contributed by atoms with Crippen molar-refractivity contribution in [3.8, 4) is 11.5 Å². The second kappa shape index (κ2) is 9.35. The van der Waals surface area contributed by atoms with Gasteiger partial charge in [0.1, 0.15) is 11.5 Å². The molecule has 6 heteroatoms. The smallest absolute Gasteiger partial charge is 0.246 e. The van der Waals surface area contributed by atoms with Crippen molar-refractivity contribution in [2.45, 2.75) is 38.0 Å². The zero-order valence-corrected chi connectivity index (χ0v) is 14.4. The molecule has 1 aromatic rings. The number of unbranched alkanes of at least 4 members (excludes halogenated alkanes) is 1. The van der Waals surface area contributed by atoms with Crippen LogP contribution in [0.15, 0.2) is 22.7 Å². The molecule has 0 aromatic heterocycles. The molecule has 0 saturated carbocycles. The molecule has 5 nitrogen and oxygen atoms in total. The second-order valence-corrected chi connectivity index (χ2v) is 5.81. The molecule has 0 N–H and O–H groups in total. The highest BCUT2D eigenvalue weighted by Crippen LogP contribution is 2.40. The summed E-state index contributed by atoms with van der Waals surface area (Å²) in [5, 5.41) is 11.0. The maximum absolute atomic E-state index is 11.0. The molecular weight excluding hydrogens is 302 g/mol. The SMILES string of the molecule is CCCCSc1c(OC)cc(/C=C(\CC)[N+](=O)[O-])cc1OC. The van der Waals surface area contributed by atoms with Crippen LogP contribution < -0.4 is 9.47 Å². The molecule has 0 heterocycles. The third kappa shape index (κ3) is 4.94. The summed E-state index contributed by atoms with van der Waals surface area (Å²) in [6.07, 6.45) is 4.16. The predicted octanol–water partition coefficient (Wildman–Crippen LogP) is 4.62. The average molecular weight is 325 g/mol. The number of hydrogen-bond acceptors (Lipinski definition) is 5. The minimum absolute atomic E-state index is 0.162. The first-order chi connectivity index (χ1) is 10.6. The lowest BCUT2D eigenvalue weighted by molar-refractivity contribution is -0.425. The fourth-order valence-electron chi connectivity index (χ4n) is 1.92. The van der Waals surface area contributed by atoms with Gasteiger partial charge in [-0.25, -0.2) is 0 Å². The summed E-state index contributed by atoms with van der Waals surface area (Å²) >= 11 is 1.68.